The maximum absolute atomic E-state index is 11.0. The Morgan fingerprint density at radius 3 is 2.31 bits per heavy atom. The summed E-state index contributed by atoms with van der Waals surface area (Å²) < 4.78 is 0.0590. The van der Waals surface area contributed by atoms with Gasteiger partial charge in [-0.2, -0.15) is 0 Å². The number of carbonyl (C=O) groups is 2. The maximum Gasteiger partial charge on any atom is 0.167 e. The quantitative estimate of drug-likeness (QED) is 0.434. The van der Waals surface area contributed by atoms with E-state index in [1.54, 1.807) is 0 Å². The normalized spacial score (nSPS) is 11.9. The SMILES string of the molecule is CC(=O)CCC(NC(=S)Cl)C(C)=O. The Hall–Kier alpha value is -0.480. The van der Waals surface area contributed by atoms with Crippen LogP contribution in [0.2, 0.25) is 0 Å². The van der Waals surface area contributed by atoms with Gasteiger partial charge in [0.25, 0.3) is 0 Å². The molecule has 0 saturated carbocycles. The van der Waals surface area contributed by atoms with Crippen molar-refractivity contribution in [2.24, 2.45) is 0 Å². The van der Waals surface area contributed by atoms with Crippen molar-refractivity contribution >= 4 is 39.8 Å². The number of nitrogens with one attached hydrogen (secondary N) is 1. The van der Waals surface area contributed by atoms with E-state index >= 15 is 0 Å². The van der Waals surface area contributed by atoms with Crippen molar-refractivity contribution in [1.29, 1.82) is 0 Å². The van der Waals surface area contributed by atoms with Gasteiger partial charge >= 0.3 is 0 Å². The van der Waals surface area contributed by atoms with Crippen LogP contribution in [0.1, 0.15) is 26.7 Å². The van der Waals surface area contributed by atoms with E-state index in [0.717, 1.165) is 0 Å². The van der Waals surface area contributed by atoms with E-state index in [-0.39, 0.29) is 16.0 Å². The fraction of sp³-hybridized carbons (Fsp3) is 0.625. The fourth-order valence-corrected chi connectivity index (χ4v) is 1.14. The molecule has 13 heavy (non-hydrogen) atoms. The van der Waals surface area contributed by atoms with Crippen LogP contribution in [-0.2, 0) is 9.59 Å². The monoisotopic (exact) mass is 221 g/mol. The Balaban J connectivity index is 4.02. The maximum atomic E-state index is 11.0. The molecule has 0 radical (unpaired) electrons. The van der Waals surface area contributed by atoms with Gasteiger partial charge in [-0.25, -0.2) is 0 Å². The lowest BCUT2D eigenvalue weighted by atomic mass is 10.1. The van der Waals surface area contributed by atoms with Crippen LogP contribution in [0.15, 0.2) is 0 Å². The molecule has 0 fully saturated rings. The molecule has 1 N–H and O–H groups in total. The zero-order valence-corrected chi connectivity index (χ0v) is 9.17. The first-order valence-corrected chi connectivity index (χ1v) is 4.68. The molecular formula is C8H12ClNO2S. The largest absolute Gasteiger partial charge is 0.357 e. The van der Waals surface area contributed by atoms with Crippen LogP contribution in [0.3, 0.4) is 0 Å². The fourth-order valence-electron chi connectivity index (χ4n) is 0.862. The highest BCUT2D eigenvalue weighted by Gasteiger charge is 2.14. The van der Waals surface area contributed by atoms with E-state index in [9.17, 15) is 9.59 Å². The molecule has 74 valence electrons. The molecule has 0 spiro atoms. The van der Waals surface area contributed by atoms with Crippen LogP contribution in [0.25, 0.3) is 0 Å². The van der Waals surface area contributed by atoms with Gasteiger partial charge in [0.05, 0.1) is 6.04 Å². The Bertz CT molecular complexity index is 230. The second kappa shape index (κ2) is 6.05. The molecule has 0 heterocycles. The summed E-state index contributed by atoms with van der Waals surface area (Å²) in [5.74, 6) is -0.0159. The first-order valence-electron chi connectivity index (χ1n) is 3.89. The third-order valence-corrected chi connectivity index (χ3v) is 1.79. The minimum Gasteiger partial charge on any atom is -0.357 e. The molecule has 0 aromatic rings. The van der Waals surface area contributed by atoms with E-state index in [1.165, 1.54) is 13.8 Å². The molecule has 5 heteroatoms. The van der Waals surface area contributed by atoms with Crippen LogP contribution in [0.5, 0.6) is 0 Å². The minimum atomic E-state index is -0.436. The second-order valence-corrected chi connectivity index (χ2v) is 3.83. The Labute approximate surface area is 87.8 Å². The number of halogens is 1. The molecule has 0 aliphatic carbocycles. The summed E-state index contributed by atoms with van der Waals surface area (Å²) in [4.78, 5) is 21.7. The highest BCUT2D eigenvalue weighted by atomic mass is 35.5. The van der Waals surface area contributed by atoms with E-state index in [2.05, 4.69) is 17.5 Å². The summed E-state index contributed by atoms with van der Waals surface area (Å²) in [6, 6.07) is -0.436. The molecule has 1 atom stereocenters. The molecule has 3 nitrogen and oxygen atoms in total. The lowest BCUT2D eigenvalue weighted by molar-refractivity contribution is -0.119. The molecular weight excluding hydrogens is 210 g/mol. The molecule has 0 aliphatic rings. The van der Waals surface area contributed by atoms with Crippen molar-refractivity contribution in [2.45, 2.75) is 32.7 Å². The van der Waals surface area contributed by atoms with Crippen molar-refractivity contribution < 1.29 is 9.59 Å². The highest BCUT2D eigenvalue weighted by molar-refractivity contribution is 7.83. The van der Waals surface area contributed by atoms with Crippen LogP contribution in [0.4, 0.5) is 0 Å². The summed E-state index contributed by atoms with van der Waals surface area (Å²) in [7, 11) is 0. The van der Waals surface area contributed by atoms with Gasteiger partial charge in [-0.1, -0.05) is 11.6 Å². The number of carbonyl (C=O) groups excluding carboxylic acids is 2. The van der Waals surface area contributed by atoms with Crippen molar-refractivity contribution in [3.63, 3.8) is 0 Å². The summed E-state index contributed by atoms with van der Waals surface area (Å²) >= 11 is 10.0. The summed E-state index contributed by atoms with van der Waals surface area (Å²) in [5.41, 5.74) is 0. The molecule has 0 amide bonds. The molecule has 0 bridgehead atoms. The van der Waals surface area contributed by atoms with Crippen molar-refractivity contribution in [3.05, 3.63) is 0 Å². The summed E-state index contributed by atoms with van der Waals surface area (Å²) in [5, 5.41) is 2.63. The van der Waals surface area contributed by atoms with Gasteiger partial charge in [0.15, 0.2) is 10.2 Å². The Morgan fingerprint density at radius 1 is 1.46 bits per heavy atom. The van der Waals surface area contributed by atoms with Crippen molar-refractivity contribution in [1.82, 2.24) is 5.32 Å². The number of Topliss-reactive ketones (excluding diaryl/α,β-unsaturated/α-hetero) is 2. The van der Waals surface area contributed by atoms with Crippen molar-refractivity contribution in [2.75, 3.05) is 0 Å². The number of rotatable bonds is 5. The highest BCUT2D eigenvalue weighted by Crippen LogP contribution is 2.00. The van der Waals surface area contributed by atoms with E-state index in [0.29, 0.717) is 12.8 Å². The number of hydrogen-bond acceptors (Lipinski definition) is 3. The predicted molar refractivity (Wildman–Crippen MR) is 56.0 cm³/mol. The van der Waals surface area contributed by atoms with Gasteiger partial charge in [0.1, 0.15) is 5.78 Å². The third-order valence-electron chi connectivity index (χ3n) is 1.56. The molecule has 0 aromatic heterocycles. The van der Waals surface area contributed by atoms with Gasteiger partial charge in [0, 0.05) is 6.42 Å². The third kappa shape index (κ3) is 6.66. The molecule has 0 rings (SSSR count). The van der Waals surface area contributed by atoms with Crippen LogP contribution >= 0.6 is 23.8 Å². The smallest absolute Gasteiger partial charge is 0.167 e. The molecule has 1 unspecified atom stereocenters. The minimum absolute atomic E-state index is 0.0496. The van der Waals surface area contributed by atoms with E-state index < -0.39 is 6.04 Å². The molecule has 0 aliphatic heterocycles. The van der Waals surface area contributed by atoms with E-state index in [1.807, 2.05) is 0 Å². The standard InChI is InChI=1S/C8H12ClNO2S/c1-5(11)3-4-7(6(2)12)10-8(9)13/h7H,3-4H2,1-2H3,(H,10,13). The first kappa shape index (κ1) is 12.5. The topological polar surface area (TPSA) is 46.2 Å². The summed E-state index contributed by atoms with van der Waals surface area (Å²) in [6.07, 6.45) is 0.800. The van der Waals surface area contributed by atoms with Gasteiger partial charge in [-0.05, 0) is 32.5 Å². The average molecular weight is 222 g/mol. The lowest BCUT2D eigenvalue weighted by Crippen LogP contribution is -2.37. The van der Waals surface area contributed by atoms with Gasteiger partial charge in [-0.3, -0.25) is 4.79 Å². The first-order chi connectivity index (χ1) is 5.93. The van der Waals surface area contributed by atoms with Crippen LogP contribution in [0, 0.1) is 0 Å². The van der Waals surface area contributed by atoms with Gasteiger partial charge < -0.3 is 10.1 Å². The van der Waals surface area contributed by atoms with Crippen molar-refractivity contribution in [3.8, 4) is 0 Å². The lowest BCUT2D eigenvalue weighted by Gasteiger charge is -2.13. The van der Waals surface area contributed by atoms with Crippen LogP contribution < -0.4 is 5.32 Å². The van der Waals surface area contributed by atoms with Crippen LogP contribution in [-0.4, -0.2) is 22.1 Å². The zero-order chi connectivity index (χ0) is 10.4. The zero-order valence-electron chi connectivity index (χ0n) is 7.59. The molecule has 0 aromatic carbocycles. The van der Waals surface area contributed by atoms with Gasteiger partial charge in [-0.15, -0.1) is 0 Å². The Kier molecular flexibility index (Phi) is 5.82. The van der Waals surface area contributed by atoms with E-state index in [4.69, 9.17) is 11.6 Å². The van der Waals surface area contributed by atoms with Gasteiger partial charge in [0.2, 0.25) is 0 Å². The second-order valence-electron chi connectivity index (χ2n) is 2.82. The Morgan fingerprint density at radius 2 is 2.00 bits per heavy atom. The number of hydrogen-bond donors (Lipinski definition) is 1. The number of ketones is 2. The summed E-state index contributed by atoms with van der Waals surface area (Å²) in [6.45, 7) is 2.92. The predicted octanol–water partition coefficient (Wildman–Crippen LogP) is 1.43. The number of thiocarbonyl (C=S) groups is 1. The molecule has 0 saturated heterocycles. The average Bonchev–Trinajstić information content (AvgIpc) is 1.96.